The van der Waals surface area contributed by atoms with Crippen molar-refractivity contribution in [2.45, 2.75) is 58.8 Å². The zero-order chi connectivity index (χ0) is 14.6. The molecule has 0 aliphatic rings. The van der Waals surface area contributed by atoms with Crippen LogP contribution in [0.15, 0.2) is 0 Å². The van der Waals surface area contributed by atoms with Crippen molar-refractivity contribution < 1.29 is 4.79 Å². The molecule has 0 bridgehead atoms. The van der Waals surface area contributed by atoms with E-state index in [4.69, 9.17) is 0 Å². The summed E-state index contributed by atoms with van der Waals surface area (Å²) in [4.78, 5) is 11.8. The van der Waals surface area contributed by atoms with Gasteiger partial charge in [-0.25, -0.2) is 0 Å². The van der Waals surface area contributed by atoms with Crippen molar-refractivity contribution in [2.75, 3.05) is 18.4 Å². The fourth-order valence-electron chi connectivity index (χ4n) is 1.80. The predicted molar refractivity (Wildman–Crippen MR) is 84.4 cm³/mol. The van der Waals surface area contributed by atoms with Crippen LogP contribution >= 0.6 is 11.3 Å². The van der Waals surface area contributed by atoms with E-state index in [9.17, 15) is 4.79 Å². The highest BCUT2D eigenvalue weighted by Gasteiger charge is 2.11. The number of anilines is 1. The molecule has 1 amide bonds. The Hall–Kier alpha value is -1.17. The standard InChI is InChI=1S/C14H26N4OS/c1-3-5-6-7-8-9-11-15-12(19)13-17-18-14(20-13)16-10-4-2/h3-11H2,1-2H3,(H,15,19)(H,16,18). The normalized spacial score (nSPS) is 10.5. The van der Waals surface area contributed by atoms with Gasteiger partial charge >= 0.3 is 0 Å². The number of nitrogens with one attached hydrogen (secondary N) is 2. The maximum Gasteiger partial charge on any atom is 0.282 e. The average molecular weight is 298 g/mol. The summed E-state index contributed by atoms with van der Waals surface area (Å²) in [6, 6.07) is 0. The molecule has 1 heterocycles. The van der Waals surface area contributed by atoms with E-state index >= 15 is 0 Å². The third-order valence-corrected chi connectivity index (χ3v) is 3.84. The van der Waals surface area contributed by atoms with Gasteiger partial charge in [-0.05, 0) is 12.8 Å². The average Bonchev–Trinajstić information content (AvgIpc) is 2.93. The second-order valence-electron chi connectivity index (χ2n) is 4.86. The van der Waals surface area contributed by atoms with Gasteiger partial charge in [0.15, 0.2) is 0 Å². The molecule has 0 fully saturated rings. The molecule has 0 radical (unpaired) electrons. The van der Waals surface area contributed by atoms with E-state index in [1.54, 1.807) is 0 Å². The van der Waals surface area contributed by atoms with E-state index in [0.29, 0.717) is 5.01 Å². The fourth-order valence-corrected chi connectivity index (χ4v) is 2.49. The molecule has 1 aromatic rings. The minimum absolute atomic E-state index is 0.111. The molecule has 0 unspecified atom stereocenters. The van der Waals surface area contributed by atoms with Crippen molar-refractivity contribution in [1.82, 2.24) is 15.5 Å². The van der Waals surface area contributed by atoms with Gasteiger partial charge < -0.3 is 10.6 Å². The van der Waals surface area contributed by atoms with Crippen molar-refractivity contribution in [3.63, 3.8) is 0 Å². The fraction of sp³-hybridized carbons (Fsp3) is 0.786. The van der Waals surface area contributed by atoms with Gasteiger partial charge in [-0.15, -0.1) is 10.2 Å². The van der Waals surface area contributed by atoms with E-state index < -0.39 is 0 Å². The summed E-state index contributed by atoms with van der Waals surface area (Å²) in [6.45, 7) is 5.88. The van der Waals surface area contributed by atoms with Crippen LogP contribution in [-0.2, 0) is 0 Å². The summed E-state index contributed by atoms with van der Waals surface area (Å²) in [6.07, 6.45) is 8.38. The summed E-state index contributed by atoms with van der Waals surface area (Å²) < 4.78 is 0. The van der Waals surface area contributed by atoms with Crippen LogP contribution in [0.2, 0.25) is 0 Å². The zero-order valence-electron chi connectivity index (χ0n) is 12.6. The van der Waals surface area contributed by atoms with Crippen LogP contribution in [0.1, 0.15) is 68.6 Å². The van der Waals surface area contributed by atoms with Gasteiger partial charge in [0.05, 0.1) is 0 Å². The first kappa shape index (κ1) is 16.9. The highest BCUT2D eigenvalue weighted by Crippen LogP contribution is 2.14. The van der Waals surface area contributed by atoms with E-state index in [2.05, 4.69) is 34.7 Å². The molecule has 6 heteroatoms. The maximum atomic E-state index is 11.8. The van der Waals surface area contributed by atoms with Gasteiger partial charge in [0.25, 0.3) is 5.91 Å². The summed E-state index contributed by atoms with van der Waals surface area (Å²) in [5.41, 5.74) is 0. The van der Waals surface area contributed by atoms with Crippen LogP contribution in [0.3, 0.4) is 0 Å². The molecule has 1 rings (SSSR count). The quantitative estimate of drug-likeness (QED) is 0.614. The molecule has 5 nitrogen and oxygen atoms in total. The van der Waals surface area contributed by atoms with Crippen LogP contribution in [0, 0.1) is 0 Å². The first-order valence-electron chi connectivity index (χ1n) is 7.63. The van der Waals surface area contributed by atoms with Crippen LogP contribution in [0.25, 0.3) is 0 Å². The van der Waals surface area contributed by atoms with E-state index in [1.807, 2.05) is 0 Å². The Balaban J connectivity index is 2.14. The molecule has 0 saturated carbocycles. The van der Waals surface area contributed by atoms with E-state index in [0.717, 1.165) is 31.1 Å². The molecular formula is C14H26N4OS. The SMILES string of the molecule is CCCCCCCCNC(=O)c1nnc(NCCC)s1. The highest BCUT2D eigenvalue weighted by atomic mass is 32.1. The van der Waals surface area contributed by atoms with E-state index in [1.165, 1.54) is 43.4 Å². The van der Waals surface area contributed by atoms with Gasteiger partial charge in [-0.1, -0.05) is 57.3 Å². The lowest BCUT2D eigenvalue weighted by Crippen LogP contribution is -2.24. The van der Waals surface area contributed by atoms with E-state index in [-0.39, 0.29) is 5.91 Å². The number of nitrogens with zero attached hydrogens (tertiary/aromatic N) is 2. The van der Waals surface area contributed by atoms with Crippen molar-refractivity contribution in [3.8, 4) is 0 Å². The predicted octanol–water partition coefficient (Wildman–Crippen LogP) is 3.45. The van der Waals surface area contributed by atoms with Crippen LogP contribution < -0.4 is 10.6 Å². The second-order valence-corrected chi connectivity index (χ2v) is 5.84. The number of carbonyl (C=O) groups excluding carboxylic acids is 1. The van der Waals surface area contributed by atoms with Gasteiger partial charge in [-0.2, -0.15) is 0 Å². The van der Waals surface area contributed by atoms with Crippen molar-refractivity contribution in [1.29, 1.82) is 0 Å². The van der Waals surface area contributed by atoms with Crippen LogP contribution in [-0.4, -0.2) is 29.2 Å². The molecule has 2 N–H and O–H groups in total. The summed E-state index contributed by atoms with van der Waals surface area (Å²) in [5.74, 6) is -0.111. The lowest BCUT2D eigenvalue weighted by atomic mass is 10.1. The highest BCUT2D eigenvalue weighted by molar-refractivity contribution is 7.17. The molecule has 114 valence electrons. The lowest BCUT2D eigenvalue weighted by molar-refractivity contribution is 0.0952. The van der Waals surface area contributed by atoms with Crippen molar-refractivity contribution >= 4 is 22.4 Å². The summed E-state index contributed by atoms with van der Waals surface area (Å²) in [5, 5.41) is 15.0. The van der Waals surface area contributed by atoms with Gasteiger partial charge in [-0.3, -0.25) is 4.79 Å². The number of rotatable bonds is 11. The number of aromatic nitrogens is 2. The Labute approximate surface area is 125 Å². The van der Waals surface area contributed by atoms with Crippen molar-refractivity contribution in [2.24, 2.45) is 0 Å². The number of unbranched alkanes of at least 4 members (excludes halogenated alkanes) is 5. The molecular weight excluding hydrogens is 272 g/mol. The van der Waals surface area contributed by atoms with Gasteiger partial charge in [0.2, 0.25) is 10.1 Å². The van der Waals surface area contributed by atoms with Crippen molar-refractivity contribution in [3.05, 3.63) is 5.01 Å². The largest absolute Gasteiger partial charge is 0.360 e. The summed E-state index contributed by atoms with van der Waals surface area (Å²) in [7, 11) is 0. The Morgan fingerprint density at radius 3 is 2.50 bits per heavy atom. The van der Waals surface area contributed by atoms with Gasteiger partial charge in [0, 0.05) is 13.1 Å². The number of carbonyl (C=O) groups is 1. The molecule has 0 aliphatic heterocycles. The molecule has 0 spiro atoms. The Bertz CT molecular complexity index is 381. The lowest BCUT2D eigenvalue weighted by Gasteiger charge is -2.02. The minimum Gasteiger partial charge on any atom is -0.360 e. The van der Waals surface area contributed by atoms with Crippen LogP contribution in [0.4, 0.5) is 5.13 Å². The third kappa shape index (κ3) is 6.84. The molecule has 0 saturated heterocycles. The number of amides is 1. The van der Waals surface area contributed by atoms with Crippen LogP contribution in [0.5, 0.6) is 0 Å². The monoisotopic (exact) mass is 298 g/mol. The number of hydrogen-bond acceptors (Lipinski definition) is 5. The topological polar surface area (TPSA) is 66.9 Å². The molecule has 0 atom stereocenters. The van der Waals surface area contributed by atoms with Gasteiger partial charge in [0.1, 0.15) is 0 Å². The first-order valence-corrected chi connectivity index (χ1v) is 8.45. The molecule has 0 aliphatic carbocycles. The zero-order valence-corrected chi connectivity index (χ0v) is 13.4. The molecule has 20 heavy (non-hydrogen) atoms. The smallest absolute Gasteiger partial charge is 0.282 e. The minimum atomic E-state index is -0.111. The summed E-state index contributed by atoms with van der Waals surface area (Å²) >= 11 is 1.31. The molecule has 1 aromatic heterocycles. The maximum absolute atomic E-state index is 11.8. The molecule has 0 aromatic carbocycles. The number of hydrogen-bond donors (Lipinski definition) is 2. The Morgan fingerprint density at radius 1 is 1.00 bits per heavy atom. The Morgan fingerprint density at radius 2 is 1.75 bits per heavy atom. The first-order chi connectivity index (χ1) is 9.77. The second kappa shape index (κ2) is 10.6. The third-order valence-electron chi connectivity index (χ3n) is 2.96. The Kier molecular flexibility index (Phi) is 8.95.